The standard InChI is InChI=1S/C12H15FN2O5/c1-14(6-9(16)7-20-2)12(17)10-5-8(13)3-4-11(10)15(18)19/h3-5,9,16H,6-7H2,1-2H3. The van der Waals surface area contributed by atoms with Crippen molar-refractivity contribution >= 4 is 11.6 Å². The summed E-state index contributed by atoms with van der Waals surface area (Å²) in [6.45, 7) is -0.0663. The number of benzene rings is 1. The van der Waals surface area contributed by atoms with Gasteiger partial charge in [-0.25, -0.2) is 4.39 Å². The number of methoxy groups -OCH3 is 1. The highest BCUT2D eigenvalue weighted by atomic mass is 19.1. The summed E-state index contributed by atoms with van der Waals surface area (Å²) in [5, 5.41) is 20.3. The summed E-state index contributed by atoms with van der Waals surface area (Å²) >= 11 is 0. The molecule has 0 heterocycles. The van der Waals surface area contributed by atoms with E-state index in [4.69, 9.17) is 4.74 Å². The predicted octanol–water partition coefficient (Wildman–Crippen LogP) is 0.813. The number of carbonyl (C=O) groups is 1. The summed E-state index contributed by atoms with van der Waals surface area (Å²) in [7, 11) is 2.75. The van der Waals surface area contributed by atoms with Crippen LogP contribution in [0.2, 0.25) is 0 Å². The third-order valence-electron chi connectivity index (χ3n) is 2.58. The third-order valence-corrected chi connectivity index (χ3v) is 2.58. The largest absolute Gasteiger partial charge is 0.389 e. The van der Waals surface area contributed by atoms with Gasteiger partial charge < -0.3 is 14.7 Å². The van der Waals surface area contributed by atoms with E-state index in [-0.39, 0.29) is 18.7 Å². The van der Waals surface area contributed by atoms with Gasteiger partial charge in [-0.2, -0.15) is 0 Å². The molecule has 0 radical (unpaired) electrons. The van der Waals surface area contributed by atoms with Crippen molar-refractivity contribution in [3.05, 3.63) is 39.7 Å². The second-order valence-electron chi connectivity index (χ2n) is 4.21. The van der Waals surface area contributed by atoms with Gasteiger partial charge in [0.05, 0.1) is 17.6 Å². The first-order chi connectivity index (χ1) is 9.36. The molecule has 1 unspecified atom stereocenters. The molecular weight excluding hydrogens is 271 g/mol. The molecule has 0 aromatic heterocycles. The number of nitrogens with zero attached hydrogens (tertiary/aromatic N) is 2. The van der Waals surface area contributed by atoms with Crippen LogP contribution in [0.3, 0.4) is 0 Å². The minimum atomic E-state index is -0.929. The van der Waals surface area contributed by atoms with E-state index in [1.54, 1.807) is 0 Å². The number of aliphatic hydroxyl groups is 1. The molecule has 0 fully saturated rings. The number of aliphatic hydroxyl groups excluding tert-OH is 1. The van der Waals surface area contributed by atoms with Crippen molar-refractivity contribution in [1.82, 2.24) is 4.90 Å². The van der Waals surface area contributed by atoms with Crippen molar-refractivity contribution in [3.8, 4) is 0 Å². The summed E-state index contributed by atoms with van der Waals surface area (Å²) < 4.78 is 17.9. The summed E-state index contributed by atoms with van der Waals surface area (Å²) in [5.41, 5.74) is -0.841. The molecule has 0 saturated carbocycles. The molecule has 1 aromatic carbocycles. The molecule has 0 spiro atoms. The van der Waals surface area contributed by atoms with E-state index in [1.807, 2.05) is 0 Å². The zero-order chi connectivity index (χ0) is 15.3. The van der Waals surface area contributed by atoms with Gasteiger partial charge in [0.25, 0.3) is 11.6 Å². The number of halogens is 1. The first kappa shape index (κ1) is 16.0. The van der Waals surface area contributed by atoms with Crippen molar-refractivity contribution in [2.45, 2.75) is 6.10 Å². The number of hydrogen-bond donors (Lipinski definition) is 1. The van der Waals surface area contributed by atoms with Crippen LogP contribution in [-0.2, 0) is 4.74 Å². The number of hydrogen-bond acceptors (Lipinski definition) is 5. The SMILES string of the molecule is COCC(O)CN(C)C(=O)c1cc(F)ccc1[N+](=O)[O-]. The lowest BCUT2D eigenvalue weighted by Gasteiger charge is -2.20. The second kappa shape index (κ2) is 6.92. The van der Waals surface area contributed by atoms with Crippen molar-refractivity contribution in [2.24, 2.45) is 0 Å². The molecule has 110 valence electrons. The molecule has 1 N–H and O–H groups in total. The average Bonchev–Trinajstić information content (AvgIpc) is 2.37. The lowest BCUT2D eigenvalue weighted by atomic mass is 10.1. The Hall–Kier alpha value is -2.06. The van der Waals surface area contributed by atoms with Gasteiger partial charge in [-0.05, 0) is 12.1 Å². The molecule has 1 rings (SSSR count). The maximum atomic E-state index is 13.2. The van der Waals surface area contributed by atoms with E-state index >= 15 is 0 Å². The van der Waals surface area contributed by atoms with Gasteiger partial charge in [0, 0.05) is 26.8 Å². The van der Waals surface area contributed by atoms with E-state index in [0.717, 1.165) is 23.1 Å². The van der Waals surface area contributed by atoms with Crippen LogP contribution in [0.15, 0.2) is 18.2 Å². The second-order valence-corrected chi connectivity index (χ2v) is 4.21. The molecule has 0 bridgehead atoms. The molecule has 1 aromatic rings. The Kier molecular flexibility index (Phi) is 5.53. The number of amides is 1. The number of likely N-dealkylation sites (N-methyl/N-ethyl adjacent to an activating group) is 1. The van der Waals surface area contributed by atoms with Crippen LogP contribution in [0.25, 0.3) is 0 Å². The highest BCUT2D eigenvalue weighted by Gasteiger charge is 2.24. The molecule has 0 aliphatic heterocycles. The zero-order valence-corrected chi connectivity index (χ0v) is 11.1. The summed E-state index contributed by atoms with van der Waals surface area (Å²) in [5.74, 6) is -1.49. The average molecular weight is 286 g/mol. The molecule has 7 nitrogen and oxygen atoms in total. The molecule has 0 saturated heterocycles. The van der Waals surface area contributed by atoms with E-state index < -0.39 is 28.4 Å². The maximum absolute atomic E-state index is 13.2. The minimum absolute atomic E-state index is 0.0167. The molecule has 20 heavy (non-hydrogen) atoms. The normalized spacial score (nSPS) is 12.0. The van der Waals surface area contributed by atoms with Gasteiger partial charge in [0.1, 0.15) is 11.4 Å². The predicted molar refractivity (Wildman–Crippen MR) is 67.9 cm³/mol. The minimum Gasteiger partial charge on any atom is -0.389 e. The third kappa shape index (κ3) is 3.97. The number of nitro groups is 1. The Morgan fingerprint density at radius 2 is 2.25 bits per heavy atom. The summed E-state index contributed by atoms with van der Waals surface area (Å²) in [6.07, 6.45) is -0.929. The van der Waals surface area contributed by atoms with Crippen molar-refractivity contribution in [1.29, 1.82) is 0 Å². The van der Waals surface area contributed by atoms with Crippen LogP contribution in [-0.4, -0.2) is 54.3 Å². The van der Waals surface area contributed by atoms with Gasteiger partial charge in [0.15, 0.2) is 0 Å². The number of rotatable bonds is 6. The Morgan fingerprint density at radius 3 is 2.80 bits per heavy atom. The number of carbonyl (C=O) groups excluding carboxylic acids is 1. The fraction of sp³-hybridized carbons (Fsp3) is 0.417. The molecule has 0 aliphatic rings. The van der Waals surface area contributed by atoms with Gasteiger partial charge in [-0.15, -0.1) is 0 Å². The van der Waals surface area contributed by atoms with Gasteiger partial charge >= 0.3 is 0 Å². The molecule has 8 heteroatoms. The number of nitro benzene ring substituents is 1. The molecule has 1 amide bonds. The lowest BCUT2D eigenvalue weighted by molar-refractivity contribution is -0.385. The van der Waals surface area contributed by atoms with Gasteiger partial charge in [-0.1, -0.05) is 0 Å². The highest BCUT2D eigenvalue weighted by Crippen LogP contribution is 2.21. The Morgan fingerprint density at radius 1 is 1.60 bits per heavy atom. The van der Waals surface area contributed by atoms with Crippen molar-refractivity contribution in [3.63, 3.8) is 0 Å². The highest BCUT2D eigenvalue weighted by molar-refractivity contribution is 5.98. The smallest absolute Gasteiger partial charge is 0.282 e. The van der Waals surface area contributed by atoms with Gasteiger partial charge in [0.2, 0.25) is 0 Å². The topological polar surface area (TPSA) is 92.9 Å². The van der Waals surface area contributed by atoms with Crippen LogP contribution in [0.4, 0.5) is 10.1 Å². The molecule has 1 atom stereocenters. The maximum Gasteiger partial charge on any atom is 0.282 e. The summed E-state index contributed by atoms with van der Waals surface area (Å²) in [6, 6.07) is 2.65. The first-order valence-corrected chi connectivity index (χ1v) is 5.73. The van der Waals surface area contributed by atoms with Crippen LogP contribution in [0.1, 0.15) is 10.4 Å². The van der Waals surface area contributed by atoms with Crippen molar-refractivity contribution in [2.75, 3.05) is 27.3 Å². The Balaban J connectivity index is 2.96. The van der Waals surface area contributed by atoms with Crippen LogP contribution >= 0.6 is 0 Å². The lowest BCUT2D eigenvalue weighted by Crippen LogP contribution is -2.36. The monoisotopic (exact) mass is 286 g/mol. The Labute approximate surface area is 114 Å². The number of ether oxygens (including phenoxy) is 1. The molecular formula is C12H15FN2O5. The zero-order valence-electron chi connectivity index (χ0n) is 11.1. The van der Waals surface area contributed by atoms with Crippen LogP contribution < -0.4 is 0 Å². The quantitative estimate of drug-likeness (QED) is 0.617. The van der Waals surface area contributed by atoms with E-state index in [1.165, 1.54) is 14.2 Å². The first-order valence-electron chi connectivity index (χ1n) is 5.73. The van der Waals surface area contributed by atoms with Crippen molar-refractivity contribution < 1.29 is 24.0 Å². The van der Waals surface area contributed by atoms with Crippen LogP contribution in [0.5, 0.6) is 0 Å². The van der Waals surface area contributed by atoms with Crippen LogP contribution in [0, 0.1) is 15.9 Å². The Bertz CT molecular complexity index is 509. The van der Waals surface area contributed by atoms with E-state index in [0.29, 0.717) is 0 Å². The van der Waals surface area contributed by atoms with E-state index in [9.17, 15) is 24.4 Å². The summed E-state index contributed by atoms with van der Waals surface area (Å²) in [4.78, 5) is 23.2. The van der Waals surface area contributed by atoms with E-state index in [2.05, 4.69) is 0 Å². The fourth-order valence-corrected chi connectivity index (χ4v) is 1.69. The molecule has 0 aliphatic carbocycles. The van der Waals surface area contributed by atoms with Gasteiger partial charge in [-0.3, -0.25) is 14.9 Å². The fourth-order valence-electron chi connectivity index (χ4n) is 1.69.